The molecule has 0 aliphatic heterocycles. The number of hydrogen-bond acceptors (Lipinski definition) is 2. The minimum Gasteiger partial charge on any atom is -0.481 e. The molecule has 0 radical (unpaired) electrons. The average Bonchev–Trinajstić information content (AvgIpc) is 3.08. The van der Waals surface area contributed by atoms with Crippen molar-refractivity contribution < 1.29 is 9.90 Å². The van der Waals surface area contributed by atoms with Crippen molar-refractivity contribution in [3.05, 3.63) is 52.7 Å². The first-order chi connectivity index (χ1) is 9.65. The number of nitrogens with one attached hydrogen (secondary N) is 1. The second-order valence-corrected chi connectivity index (χ2v) is 5.25. The van der Waals surface area contributed by atoms with Gasteiger partial charge in [0.25, 0.3) is 0 Å². The van der Waals surface area contributed by atoms with Gasteiger partial charge in [-0.2, -0.15) is 0 Å². The van der Waals surface area contributed by atoms with E-state index in [-0.39, 0.29) is 5.69 Å². The summed E-state index contributed by atoms with van der Waals surface area (Å²) in [7, 11) is 0. The van der Waals surface area contributed by atoms with Crippen LogP contribution < -0.4 is 5.69 Å². The Bertz CT molecular complexity index is 693. The Morgan fingerprint density at radius 2 is 1.95 bits per heavy atom. The summed E-state index contributed by atoms with van der Waals surface area (Å²) >= 11 is 0. The zero-order valence-electron chi connectivity index (χ0n) is 11.0. The fourth-order valence-electron chi connectivity index (χ4n) is 3.18. The van der Waals surface area contributed by atoms with Gasteiger partial charge in [-0.1, -0.05) is 31.0 Å². The molecule has 0 unspecified atom stereocenters. The molecule has 3 rings (SSSR count). The maximum Gasteiger partial charge on any atom is 0.330 e. The molecule has 1 heterocycles. The van der Waals surface area contributed by atoms with E-state index in [0.29, 0.717) is 18.5 Å². The van der Waals surface area contributed by atoms with Gasteiger partial charge < -0.3 is 10.1 Å². The van der Waals surface area contributed by atoms with Crippen molar-refractivity contribution in [2.75, 3.05) is 0 Å². The van der Waals surface area contributed by atoms with Gasteiger partial charge >= 0.3 is 11.7 Å². The number of imidazole rings is 1. The van der Waals surface area contributed by atoms with Crippen molar-refractivity contribution in [1.29, 1.82) is 0 Å². The fraction of sp³-hybridized carbons (Fsp3) is 0.333. The standard InChI is InChI=1S/C15H16N2O3/c18-13(19)15(7-3-4-8-15)11-5-1-2-6-12(11)17-10-9-16-14(17)20/h1-2,5-6,9-10H,3-4,7-8H2,(H,16,20)(H,18,19). The summed E-state index contributed by atoms with van der Waals surface area (Å²) in [6.45, 7) is 0. The number of carboxylic acids is 1. The molecular weight excluding hydrogens is 256 g/mol. The molecule has 0 atom stereocenters. The van der Waals surface area contributed by atoms with Crippen molar-refractivity contribution >= 4 is 5.97 Å². The van der Waals surface area contributed by atoms with Gasteiger partial charge in [0.15, 0.2) is 0 Å². The van der Waals surface area contributed by atoms with Gasteiger partial charge in [-0.15, -0.1) is 0 Å². The number of para-hydroxylation sites is 1. The first kappa shape index (κ1) is 12.7. The van der Waals surface area contributed by atoms with Crippen LogP contribution in [0.4, 0.5) is 0 Å². The van der Waals surface area contributed by atoms with E-state index in [9.17, 15) is 14.7 Å². The molecule has 2 aromatic rings. The lowest BCUT2D eigenvalue weighted by Gasteiger charge is -2.26. The molecule has 0 amide bonds. The van der Waals surface area contributed by atoms with Crippen LogP contribution >= 0.6 is 0 Å². The number of nitrogens with zero attached hydrogens (tertiary/aromatic N) is 1. The number of aromatic amines is 1. The Hall–Kier alpha value is -2.30. The lowest BCUT2D eigenvalue weighted by atomic mass is 9.78. The van der Waals surface area contributed by atoms with Crippen LogP contribution in [0.15, 0.2) is 41.5 Å². The molecular formula is C15H16N2O3. The van der Waals surface area contributed by atoms with Crippen molar-refractivity contribution in [2.45, 2.75) is 31.1 Å². The van der Waals surface area contributed by atoms with E-state index in [0.717, 1.165) is 18.4 Å². The first-order valence-electron chi connectivity index (χ1n) is 6.74. The Morgan fingerprint density at radius 3 is 2.55 bits per heavy atom. The van der Waals surface area contributed by atoms with Gasteiger partial charge in [0.05, 0.1) is 11.1 Å². The van der Waals surface area contributed by atoms with Gasteiger partial charge in [0.1, 0.15) is 0 Å². The van der Waals surface area contributed by atoms with Crippen molar-refractivity contribution in [3.8, 4) is 5.69 Å². The zero-order chi connectivity index (χ0) is 14.2. The summed E-state index contributed by atoms with van der Waals surface area (Å²) < 4.78 is 1.47. The highest BCUT2D eigenvalue weighted by Crippen LogP contribution is 2.43. The van der Waals surface area contributed by atoms with Crippen LogP contribution in [0.2, 0.25) is 0 Å². The molecule has 2 N–H and O–H groups in total. The summed E-state index contributed by atoms with van der Waals surface area (Å²) in [6, 6.07) is 7.28. The molecule has 1 aliphatic carbocycles. The van der Waals surface area contributed by atoms with Crippen LogP contribution in [-0.4, -0.2) is 20.6 Å². The molecule has 0 spiro atoms. The molecule has 5 heteroatoms. The third-order valence-corrected chi connectivity index (χ3v) is 4.19. The molecule has 104 valence electrons. The quantitative estimate of drug-likeness (QED) is 0.898. The molecule has 0 bridgehead atoms. The molecule has 1 aliphatic rings. The molecule has 5 nitrogen and oxygen atoms in total. The summed E-state index contributed by atoms with van der Waals surface area (Å²) in [5.41, 5.74) is 0.263. The largest absolute Gasteiger partial charge is 0.481 e. The Balaban J connectivity index is 2.22. The third-order valence-electron chi connectivity index (χ3n) is 4.19. The van der Waals surface area contributed by atoms with Gasteiger partial charge in [0, 0.05) is 12.4 Å². The van der Waals surface area contributed by atoms with E-state index in [1.807, 2.05) is 18.2 Å². The van der Waals surface area contributed by atoms with Crippen LogP contribution in [0.3, 0.4) is 0 Å². The topological polar surface area (TPSA) is 75.1 Å². The number of aromatic nitrogens is 2. The number of rotatable bonds is 3. The van der Waals surface area contributed by atoms with E-state index in [1.54, 1.807) is 18.5 Å². The smallest absolute Gasteiger partial charge is 0.330 e. The Labute approximate surface area is 115 Å². The first-order valence-corrected chi connectivity index (χ1v) is 6.74. The van der Waals surface area contributed by atoms with E-state index in [4.69, 9.17) is 0 Å². The Kier molecular flexibility index (Phi) is 2.97. The van der Waals surface area contributed by atoms with Gasteiger partial charge in [-0.3, -0.25) is 9.36 Å². The van der Waals surface area contributed by atoms with E-state index < -0.39 is 11.4 Å². The predicted octanol–water partition coefficient (Wildman–Crippen LogP) is 2.06. The molecule has 1 aromatic heterocycles. The van der Waals surface area contributed by atoms with Gasteiger partial charge in [-0.05, 0) is 24.5 Å². The molecule has 1 saturated carbocycles. The molecule has 1 fully saturated rings. The van der Waals surface area contributed by atoms with E-state index in [2.05, 4.69) is 4.98 Å². The minimum atomic E-state index is -0.868. The highest BCUT2D eigenvalue weighted by atomic mass is 16.4. The highest BCUT2D eigenvalue weighted by molar-refractivity contribution is 5.83. The van der Waals surface area contributed by atoms with E-state index in [1.165, 1.54) is 4.57 Å². The summed E-state index contributed by atoms with van der Waals surface area (Å²) in [5, 5.41) is 9.71. The minimum absolute atomic E-state index is 0.254. The third kappa shape index (κ3) is 1.78. The van der Waals surface area contributed by atoms with Crippen molar-refractivity contribution in [1.82, 2.24) is 9.55 Å². The van der Waals surface area contributed by atoms with Crippen LogP contribution in [0, 0.1) is 0 Å². The van der Waals surface area contributed by atoms with Gasteiger partial charge in [-0.25, -0.2) is 4.79 Å². The summed E-state index contributed by atoms with van der Waals surface area (Å²) in [6.07, 6.45) is 6.25. The van der Waals surface area contributed by atoms with Crippen molar-refractivity contribution in [2.24, 2.45) is 0 Å². The number of carboxylic acid groups (broad SMARTS) is 1. The number of hydrogen-bond donors (Lipinski definition) is 2. The average molecular weight is 272 g/mol. The van der Waals surface area contributed by atoms with Crippen LogP contribution in [-0.2, 0) is 10.2 Å². The number of H-pyrrole nitrogens is 1. The molecule has 0 saturated heterocycles. The molecule has 1 aromatic carbocycles. The SMILES string of the molecule is O=C(O)C1(c2ccccc2-n2cc[nH]c2=O)CCCC1. The fourth-order valence-corrected chi connectivity index (χ4v) is 3.18. The lowest BCUT2D eigenvalue weighted by Crippen LogP contribution is -2.34. The summed E-state index contributed by atoms with van der Waals surface area (Å²) in [5.74, 6) is -0.800. The lowest BCUT2D eigenvalue weighted by molar-refractivity contribution is -0.143. The van der Waals surface area contributed by atoms with Crippen LogP contribution in [0.1, 0.15) is 31.2 Å². The monoisotopic (exact) mass is 272 g/mol. The van der Waals surface area contributed by atoms with Crippen molar-refractivity contribution in [3.63, 3.8) is 0 Å². The highest BCUT2D eigenvalue weighted by Gasteiger charge is 2.44. The Morgan fingerprint density at radius 1 is 1.25 bits per heavy atom. The summed E-state index contributed by atoms with van der Waals surface area (Å²) in [4.78, 5) is 26.2. The van der Waals surface area contributed by atoms with Crippen LogP contribution in [0.5, 0.6) is 0 Å². The van der Waals surface area contributed by atoms with Crippen LogP contribution in [0.25, 0.3) is 5.69 Å². The van der Waals surface area contributed by atoms with Gasteiger partial charge in [0.2, 0.25) is 0 Å². The normalized spacial score (nSPS) is 17.2. The van der Waals surface area contributed by atoms with E-state index >= 15 is 0 Å². The zero-order valence-corrected chi connectivity index (χ0v) is 11.0. The number of carbonyl (C=O) groups is 1. The number of aliphatic carboxylic acids is 1. The second kappa shape index (κ2) is 4.67. The number of benzene rings is 1. The predicted molar refractivity (Wildman–Crippen MR) is 74.2 cm³/mol. The second-order valence-electron chi connectivity index (χ2n) is 5.25. The maximum atomic E-state index is 11.8. The molecule has 20 heavy (non-hydrogen) atoms. The maximum absolute atomic E-state index is 11.8.